The molecule has 0 aliphatic rings. The fraction of sp³-hybridized carbons (Fsp3) is 0.125. The van der Waals surface area contributed by atoms with Gasteiger partial charge in [-0.3, -0.25) is 14.9 Å². The van der Waals surface area contributed by atoms with Gasteiger partial charge in [-0.05, 0) is 18.6 Å². The van der Waals surface area contributed by atoms with Crippen molar-refractivity contribution in [2.24, 2.45) is 0 Å². The third-order valence-electron chi connectivity index (χ3n) is 3.10. The predicted molar refractivity (Wildman–Crippen MR) is 95.6 cm³/mol. The third kappa shape index (κ3) is 4.46. The number of aromatic nitrogens is 2. The second kappa shape index (κ2) is 7.80. The summed E-state index contributed by atoms with van der Waals surface area (Å²) in [6.45, 7) is 0. The first-order valence-corrected chi connectivity index (χ1v) is 8.97. The molecule has 3 rings (SSSR count). The number of carbonyl (C=O) groups excluding carboxylic acids is 2. The second-order valence-corrected chi connectivity index (χ2v) is 6.60. The molecule has 2 aromatic heterocycles. The van der Waals surface area contributed by atoms with E-state index >= 15 is 0 Å². The minimum absolute atomic E-state index is 0.104. The number of nitrogens with zero attached hydrogens (tertiary/aromatic N) is 2. The van der Waals surface area contributed by atoms with E-state index in [0.717, 1.165) is 5.69 Å². The molecule has 0 saturated carbocycles. The molecule has 2 heterocycles. The van der Waals surface area contributed by atoms with Crippen LogP contribution in [-0.4, -0.2) is 21.8 Å². The lowest BCUT2D eigenvalue weighted by molar-refractivity contribution is -0.116. The van der Waals surface area contributed by atoms with Gasteiger partial charge in [-0.25, -0.2) is 9.97 Å². The van der Waals surface area contributed by atoms with Crippen molar-refractivity contribution in [3.05, 3.63) is 58.5 Å². The molecule has 0 bridgehead atoms. The van der Waals surface area contributed by atoms with Gasteiger partial charge in [-0.2, -0.15) is 0 Å². The SMILES string of the molecule is O=C(CCc1csc(NC(=O)c2ccccc2)n1)Nc1nccs1. The molecule has 0 fully saturated rings. The van der Waals surface area contributed by atoms with E-state index in [-0.39, 0.29) is 11.8 Å². The minimum Gasteiger partial charge on any atom is -0.302 e. The zero-order valence-corrected chi connectivity index (χ0v) is 14.2. The molecule has 3 aromatic rings. The van der Waals surface area contributed by atoms with Crippen molar-refractivity contribution in [3.8, 4) is 0 Å². The normalized spacial score (nSPS) is 10.3. The molecular weight excluding hydrogens is 344 g/mol. The fourth-order valence-corrected chi connectivity index (χ4v) is 3.23. The van der Waals surface area contributed by atoms with Gasteiger partial charge in [-0.1, -0.05) is 18.2 Å². The number of anilines is 2. The van der Waals surface area contributed by atoms with Crippen LogP contribution in [0.4, 0.5) is 10.3 Å². The first kappa shape index (κ1) is 16.3. The Kier molecular flexibility index (Phi) is 5.29. The highest BCUT2D eigenvalue weighted by Crippen LogP contribution is 2.18. The van der Waals surface area contributed by atoms with E-state index in [4.69, 9.17) is 0 Å². The second-order valence-electron chi connectivity index (χ2n) is 4.85. The number of hydrogen-bond donors (Lipinski definition) is 2. The largest absolute Gasteiger partial charge is 0.302 e. The molecule has 0 saturated heterocycles. The quantitative estimate of drug-likeness (QED) is 0.707. The molecular formula is C16H14N4O2S2. The Balaban J connectivity index is 1.50. The molecule has 122 valence electrons. The maximum atomic E-state index is 12.1. The van der Waals surface area contributed by atoms with Crippen LogP contribution in [0.1, 0.15) is 22.5 Å². The molecule has 0 radical (unpaired) electrons. The summed E-state index contributed by atoms with van der Waals surface area (Å²) in [5.41, 5.74) is 1.36. The number of amides is 2. The van der Waals surface area contributed by atoms with Crippen molar-refractivity contribution in [3.63, 3.8) is 0 Å². The van der Waals surface area contributed by atoms with E-state index in [2.05, 4.69) is 20.6 Å². The summed E-state index contributed by atoms with van der Waals surface area (Å²) >= 11 is 2.72. The Morgan fingerprint density at radius 1 is 1.04 bits per heavy atom. The van der Waals surface area contributed by atoms with Crippen LogP contribution in [0, 0.1) is 0 Å². The molecule has 24 heavy (non-hydrogen) atoms. The average Bonchev–Trinajstić information content (AvgIpc) is 3.26. The number of thiazole rings is 2. The molecule has 0 unspecified atom stereocenters. The number of rotatable bonds is 6. The van der Waals surface area contributed by atoms with Crippen molar-refractivity contribution >= 4 is 44.8 Å². The van der Waals surface area contributed by atoms with Gasteiger partial charge in [0.2, 0.25) is 5.91 Å². The van der Waals surface area contributed by atoms with Crippen LogP contribution in [0.3, 0.4) is 0 Å². The highest BCUT2D eigenvalue weighted by molar-refractivity contribution is 7.14. The Morgan fingerprint density at radius 3 is 2.62 bits per heavy atom. The van der Waals surface area contributed by atoms with Crippen LogP contribution in [-0.2, 0) is 11.2 Å². The van der Waals surface area contributed by atoms with Gasteiger partial charge >= 0.3 is 0 Å². The molecule has 0 aliphatic carbocycles. The fourth-order valence-electron chi connectivity index (χ4n) is 1.95. The monoisotopic (exact) mass is 358 g/mol. The molecule has 0 spiro atoms. The minimum atomic E-state index is -0.196. The Bertz CT molecular complexity index is 816. The van der Waals surface area contributed by atoms with Gasteiger partial charge in [-0.15, -0.1) is 22.7 Å². The Labute approximate surface area is 146 Å². The summed E-state index contributed by atoms with van der Waals surface area (Å²) in [7, 11) is 0. The van der Waals surface area contributed by atoms with Crippen LogP contribution < -0.4 is 10.6 Å². The lowest BCUT2D eigenvalue weighted by Crippen LogP contribution is -2.13. The highest BCUT2D eigenvalue weighted by atomic mass is 32.1. The lowest BCUT2D eigenvalue weighted by Gasteiger charge is -2.01. The molecule has 8 heteroatoms. The first-order valence-electron chi connectivity index (χ1n) is 7.21. The van der Waals surface area contributed by atoms with Crippen LogP contribution >= 0.6 is 22.7 Å². The zero-order chi connectivity index (χ0) is 16.8. The van der Waals surface area contributed by atoms with Crippen molar-refractivity contribution in [2.75, 3.05) is 10.6 Å². The highest BCUT2D eigenvalue weighted by Gasteiger charge is 2.10. The molecule has 6 nitrogen and oxygen atoms in total. The van der Waals surface area contributed by atoms with Gasteiger partial charge in [0.1, 0.15) is 0 Å². The van der Waals surface area contributed by atoms with Crippen molar-refractivity contribution in [1.29, 1.82) is 0 Å². The van der Waals surface area contributed by atoms with Gasteiger partial charge < -0.3 is 5.32 Å². The van der Waals surface area contributed by atoms with E-state index in [1.165, 1.54) is 22.7 Å². The van der Waals surface area contributed by atoms with Crippen LogP contribution in [0.5, 0.6) is 0 Å². The van der Waals surface area contributed by atoms with E-state index in [0.29, 0.717) is 28.7 Å². The number of benzene rings is 1. The number of nitrogens with one attached hydrogen (secondary N) is 2. The van der Waals surface area contributed by atoms with E-state index in [9.17, 15) is 9.59 Å². The van der Waals surface area contributed by atoms with Crippen molar-refractivity contribution < 1.29 is 9.59 Å². The van der Waals surface area contributed by atoms with Crippen LogP contribution in [0.15, 0.2) is 47.3 Å². The number of hydrogen-bond acceptors (Lipinski definition) is 6. The standard InChI is InChI=1S/C16H14N4O2S2/c21-13(19-15-17-8-9-23-15)7-6-12-10-24-16(18-12)20-14(22)11-4-2-1-3-5-11/h1-5,8-10H,6-7H2,(H,17,19,21)(H,18,20,22). The lowest BCUT2D eigenvalue weighted by atomic mass is 10.2. The van der Waals surface area contributed by atoms with Gasteiger partial charge in [0.15, 0.2) is 10.3 Å². The summed E-state index contributed by atoms with van der Waals surface area (Å²) in [6, 6.07) is 8.96. The summed E-state index contributed by atoms with van der Waals surface area (Å²) in [5.74, 6) is -0.300. The molecule has 2 amide bonds. The maximum absolute atomic E-state index is 12.1. The first-order chi connectivity index (χ1) is 11.7. The Morgan fingerprint density at radius 2 is 1.88 bits per heavy atom. The molecule has 0 atom stereocenters. The summed E-state index contributed by atoms with van der Waals surface area (Å²) in [4.78, 5) is 32.2. The smallest absolute Gasteiger partial charge is 0.257 e. The topological polar surface area (TPSA) is 84.0 Å². The molecule has 1 aromatic carbocycles. The van der Waals surface area contributed by atoms with Crippen molar-refractivity contribution in [2.45, 2.75) is 12.8 Å². The number of carbonyl (C=O) groups is 2. The summed E-state index contributed by atoms with van der Waals surface area (Å²) in [6.07, 6.45) is 2.46. The molecule has 0 aliphatic heterocycles. The maximum Gasteiger partial charge on any atom is 0.257 e. The third-order valence-corrected chi connectivity index (χ3v) is 4.59. The van der Waals surface area contributed by atoms with E-state index in [1.807, 2.05) is 23.6 Å². The number of aryl methyl sites for hydroxylation is 1. The molecule has 2 N–H and O–H groups in total. The van der Waals surface area contributed by atoms with Crippen LogP contribution in [0.25, 0.3) is 0 Å². The Hall–Kier alpha value is -2.58. The predicted octanol–water partition coefficient (Wildman–Crippen LogP) is 3.42. The van der Waals surface area contributed by atoms with Gasteiger partial charge in [0, 0.05) is 28.9 Å². The van der Waals surface area contributed by atoms with Crippen LogP contribution in [0.2, 0.25) is 0 Å². The summed E-state index contributed by atoms with van der Waals surface area (Å²) in [5, 5.41) is 10.3. The van der Waals surface area contributed by atoms with E-state index in [1.54, 1.807) is 23.7 Å². The van der Waals surface area contributed by atoms with Gasteiger partial charge in [0.25, 0.3) is 5.91 Å². The van der Waals surface area contributed by atoms with E-state index < -0.39 is 0 Å². The zero-order valence-electron chi connectivity index (χ0n) is 12.6. The van der Waals surface area contributed by atoms with Gasteiger partial charge in [0.05, 0.1) is 5.69 Å². The average molecular weight is 358 g/mol. The van der Waals surface area contributed by atoms with Crippen molar-refractivity contribution in [1.82, 2.24) is 9.97 Å². The summed E-state index contributed by atoms with van der Waals surface area (Å²) < 4.78 is 0.